The van der Waals surface area contributed by atoms with Gasteiger partial charge >= 0.3 is 0 Å². The summed E-state index contributed by atoms with van der Waals surface area (Å²) in [5.41, 5.74) is 1.62. The summed E-state index contributed by atoms with van der Waals surface area (Å²) in [6.45, 7) is 1.28. The van der Waals surface area contributed by atoms with Gasteiger partial charge in [0.2, 0.25) is 5.91 Å². The smallest absolute Gasteiger partial charge is 0.228 e. The van der Waals surface area contributed by atoms with Gasteiger partial charge in [0.1, 0.15) is 11.6 Å². The number of halogens is 1. The number of aromatic nitrogens is 1. The molecule has 2 aromatic rings. The topological polar surface area (TPSA) is 72.5 Å². The Morgan fingerprint density at radius 3 is 2.64 bits per heavy atom. The van der Waals surface area contributed by atoms with E-state index in [1.165, 1.54) is 0 Å². The van der Waals surface area contributed by atoms with Crippen LogP contribution in [-0.4, -0.2) is 31.2 Å². The Morgan fingerprint density at radius 1 is 1.24 bits per heavy atom. The molecule has 2 N–H and O–H groups in total. The van der Waals surface area contributed by atoms with Crippen molar-refractivity contribution in [1.29, 1.82) is 0 Å². The molecule has 1 fully saturated rings. The van der Waals surface area contributed by atoms with Crippen molar-refractivity contribution in [3.63, 3.8) is 0 Å². The van der Waals surface area contributed by atoms with Gasteiger partial charge in [0.15, 0.2) is 0 Å². The van der Waals surface area contributed by atoms with Crippen LogP contribution in [0.25, 0.3) is 0 Å². The molecule has 6 nitrogen and oxygen atoms in total. The minimum absolute atomic E-state index is 0.00144. The average Bonchev–Trinajstić information content (AvgIpc) is 2.64. The Morgan fingerprint density at radius 2 is 2.00 bits per heavy atom. The molecule has 1 aliphatic rings. The number of nitrogens with one attached hydrogen (secondary N) is 2. The lowest BCUT2D eigenvalue weighted by atomic mass is 9.99. The number of ether oxygens (including phenoxy) is 2. The van der Waals surface area contributed by atoms with Crippen molar-refractivity contribution in [3.8, 4) is 5.75 Å². The maximum absolute atomic E-state index is 12.2. The highest BCUT2D eigenvalue weighted by Gasteiger charge is 2.21. The van der Waals surface area contributed by atoms with Crippen LogP contribution in [-0.2, 0) is 9.53 Å². The van der Waals surface area contributed by atoms with Crippen LogP contribution >= 0.6 is 11.6 Å². The van der Waals surface area contributed by atoms with Crippen LogP contribution in [0.5, 0.6) is 5.75 Å². The lowest BCUT2D eigenvalue weighted by Gasteiger charge is -2.20. The summed E-state index contributed by atoms with van der Waals surface area (Å²) in [6.07, 6.45) is 3.17. The molecule has 1 aliphatic heterocycles. The molecule has 2 heterocycles. The average molecular weight is 362 g/mol. The zero-order chi connectivity index (χ0) is 17.6. The van der Waals surface area contributed by atoms with Gasteiger partial charge in [-0.3, -0.25) is 4.79 Å². The molecule has 25 heavy (non-hydrogen) atoms. The summed E-state index contributed by atoms with van der Waals surface area (Å²) >= 11 is 6.12. The van der Waals surface area contributed by atoms with Crippen LogP contribution in [0.1, 0.15) is 12.8 Å². The van der Waals surface area contributed by atoms with Crippen LogP contribution in [0.3, 0.4) is 0 Å². The monoisotopic (exact) mass is 361 g/mol. The molecule has 1 aromatic carbocycles. The molecule has 0 unspecified atom stereocenters. The number of methoxy groups -OCH3 is 1. The second-order valence-electron chi connectivity index (χ2n) is 5.78. The molecule has 0 bridgehead atoms. The summed E-state index contributed by atoms with van der Waals surface area (Å²) in [7, 11) is 1.57. The van der Waals surface area contributed by atoms with Gasteiger partial charge in [0.25, 0.3) is 0 Å². The summed E-state index contributed by atoms with van der Waals surface area (Å²) in [5, 5.41) is 6.59. The highest BCUT2D eigenvalue weighted by atomic mass is 35.5. The highest BCUT2D eigenvalue weighted by Crippen LogP contribution is 2.28. The molecule has 1 amide bonds. The Labute approximate surface area is 151 Å². The standard InChI is InChI=1S/C18H20ClN3O3/c1-24-16-4-2-13(10-15(16)19)21-14-3-5-17(20-11-14)22-18(23)12-6-8-25-9-7-12/h2-5,10-12,21H,6-9H2,1H3,(H,20,22,23). The molecule has 1 aromatic heterocycles. The fourth-order valence-corrected chi connectivity index (χ4v) is 2.90. The van der Waals surface area contributed by atoms with E-state index in [1.807, 2.05) is 12.1 Å². The van der Waals surface area contributed by atoms with E-state index in [4.69, 9.17) is 21.1 Å². The number of benzene rings is 1. The number of carbonyl (C=O) groups excluding carboxylic acids is 1. The fourth-order valence-electron chi connectivity index (χ4n) is 2.64. The zero-order valence-corrected chi connectivity index (χ0v) is 14.7. The Kier molecular flexibility index (Phi) is 5.73. The number of hydrogen-bond acceptors (Lipinski definition) is 5. The van der Waals surface area contributed by atoms with E-state index >= 15 is 0 Å². The predicted molar refractivity (Wildman–Crippen MR) is 97.7 cm³/mol. The molecule has 1 saturated heterocycles. The third kappa shape index (κ3) is 4.61. The second-order valence-corrected chi connectivity index (χ2v) is 6.19. The van der Waals surface area contributed by atoms with Gasteiger partial charge < -0.3 is 20.1 Å². The third-order valence-corrected chi connectivity index (χ3v) is 4.34. The minimum atomic E-state index is -0.00482. The first-order valence-corrected chi connectivity index (χ1v) is 8.49. The number of pyridine rings is 1. The maximum atomic E-state index is 12.2. The van der Waals surface area contributed by atoms with Gasteiger partial charge in [-0.25, -0.2) is 4.98 Å². The fraction of sp³-hybridized carbons (Fsp3) is 0.333. The van der Waals surface area contributed by atoms with Crippen molar-refractivity contribution in [2.45, 2.75) is 12.8 Å². The highest BCUT2D eigenvalue weighted by molar-refractivity contribution is 6.32. The van der Waals surface area contributed by atoms with Crippen LogP contribution in [0.15, 0.2) is 36.5 Å². The van der Waals surface area contributed by atoms with E-state index in [2.05, 4.69) is 15.6 Å². The third-order valence-electron chi connectivity index (χ3n) is 4.05. The van der Waals surface area contributed by atoms with Crippen molar-refractivity contribution >= 4 is 34.7 Å². The van der Waals surface area contributed by atoms with Crippen molar-refractivity contribution in [3.05, 3.63) is 41.6 Å². The molecule has 0 aliphatic carbocycles. The van der Waals surface area contributed by atoms with Gasteiger partial charge in [-0.1, -0.05) is 11.6 Å². The number of hydrogen-bond donors (Lipinski definition) is 2. The van der Waals surface area contributed by atoms with Crippen molar-refractivity contribution in [1.82, 2.24) is 4.98 Å². The van der Waals surface area contributed by atoms with E-state index in [1.54, 1.807) is 31.5 Å². The van der Waals surface area contributed by atoms with Gasteiger partial charge in [0, 0.05) is 24.8 Å². The lowest BCUT2D eigenvalue weighted by molar-refractivity contribution is -0.122. The molecule has 0 saturated carbocycles. The Bertz CT molecular complexity index is 731. The molecular weight excluding hydrogens is 342 g/mol. The minimum Gasteiger partial charge on any atom is -0.495 e. The molecule has 7 heteroatoms. The molecule has 0 radical (unpaired) electrons. The first kappa shape index (κ1) is 17.5. The summed E-state index contributed by atoms with van der Waals surface area (Å²) in [5.74, 6) is 1.15. The number of rotatable bonds is 5. The zero-order valence-electron chi connectivity index (χ0n) is 13.9. The van der Waals surface area contributed by atoms with Crippen molar-refractivity contribution < 1.29 is 14.3 Å². The summed E-state index contributed by atoms with van der Waals surface area (Å²) in [6, 6.07) is 9.06. The molecular formula is C18H20ClN3O3. The van der Waals surface area contributed by atoms with Gasteiger partial charge in [-0.05, 0) is 43.2 Å². The number of carbonyl (C=O) groups is 1. The summed E-state index contributed by atoms with van der Waals surface area (Å²) in [4.78, 5) is 16.5. The van der Waals surface area contributed by atoms with Crippen LogP contribution < -0.4 is 15.4 Å². The molecule has 0 atom stereocenters. The Hall–Kier alpha value is -2.31. The largest absolute Gasteiger partial charge is 0.495 e. The van der Waals surface area contributed by atoms with E-state index in [9.17, 15) is 4.79 Å². The second kappa shape index (κ2) is 8.18. The predicted octanol–water partition coefficient (Wildman–Crippen LogP) is 3.85. The lowest BCUT2D eigenvalue weighted by Crippen LogP contribution is -2.28. The SMILES string of the molecule is COc1ccc(Nc2ccc(NC(=O)C3CCOCC3)nc2)cc1Cl. The Balaban J connectivity index is 1.60. The number of amides is 1. The summed E-state index contributed by atoms with van der Waals surface area (Å²) < 4.78 is 10.4. The van der Waals surface area contributed by atoms with Gasteiger partial charge in [0.05, 0.1) is 24.0 Å². The maximum Gasteiger partial charge on any atom is 0.228 e. The van der Waals surface area contributed by atoms with E-state index < -0.39 is 0 Å². The number of anilines is 3. The van der Waals surface area contributed by atoms with E-state index in [0.29, 0.717) is 29.8 Å². The van der Waals surface area contributed by atoms with Crippen LogP contribution in [0.2, 0.25) is 5.02 Å². The molecule has 0 spiro atoms. The molecule has 3 rings (SSSR count). The van der Waals surface area contributed by atoms with Crippen LogP contribution in [0, 0.1) is 5.92 Å². The van der Waals surface area contributed by atoms with Gasteiger partial charge in [-0.15, -0.1) is 0 Å². The van der Waals surface area contributed by atoms with Crippen molar-refractivity contribution in [2.75, 3.05) is 31.0 Å². The number of nitrogens with zero attached hydrogens (tertiary/aromatic N) is 1. The van der Waals surface area contributed by atoms with Crippen LogP contribution in [0.4, 0.5) is 17.2 Å². The van der Waals surface area contributed by atoms with E-state index in [0.717, 1.165) is 24.2 Å². The quantitative estimate of drug-likeness (QED) is 0.846. The van der Waals surface area contributed by atoms with Crippen molar-refractivity contribution in [2.24, 2.45) is 5.92 Å². The molecule has 132 valence electrons. The van der Waals surface area contributed by atoms with E-state index in [-0.39, 0.29) is 11.8 Å². The normalized spacial score (nSPS) is 14.8. The first-order chi connectivity index (χ1) is 12.2. The van der Waals surface area contributed by atoms with Gasteiger partial charge in [-0.2, -0.15) is 0 Å². The first-order valence-electron chi connectivity index (χ1n) is 8.11.